The molecule has 0 unspecified atom stereocenters. The Kier molecular flexibility index (Phi) is 4.48. The molecule has 0 atom stereocenters. The molecule has 6 heteroatoms. The predicted octanol–water partition coefficient (Wildman–Crippen LogP) is 4.66. The highest BCUT2D eigenvalue weighted by Crippen LogP contribution is 2.22. The Morgan fingerprint density at radius 3 is 2.39 bits per heavy atom. The summed E-state index contributed by atoms with van der Waals surface area (Å²) in [6.07, 6.45) is 0.154. The SMILES string of the molecule is CC(C)Oc1ccc(-c2nc(Nc3ccc(Cl)cc3)n[nH]2)cc1. The van der Waals surface area contributed by atoms with E-state index >= 15 is 0 Å². The van der Waals surface area contributed by atoms with Crippen LogP contribution in [0.2, 0.25) is 5.02 Å². The summed E-state index contributed by atoms with van der Waals surface area (Å²) in [6.45, 7) is 4.00. The van der Waals surface area contributed by atoms with E-state index in [1.807, 2.05) is 62.4 Å². The van der Waals surface area contributed by atoms with Crippen molar-refractivity contribution in [2.45, 2.75) is 20.0 Å². The molecule has 2 N–H and O–H groups in total. The van der Waals surface area contributed by atoms with Crippen LogP contribution in [-0.4, -0.2) is 21.3 Å². The van der Waals surface area contributed by atoms with Gasteiger partial charge < -0.3 is 10.1 Å². The van der Waals surface area contributed by atoms with Crippen molar-refractivity contribution in [3.63, 3.8) is 0 Å². The Labute approximate surface area is 139 Å². The van der Waals surface area contributed by atoms with Crippen molar-refractivity contribution >= 4 is 23.2 Å². The second-order valence-electron chi connectivity index (χ2n) is 5.33. The van der Waals surface area contributed by atoms with Crippen molar-refractivity contribution in [1.29, 1.82) is 0 Å². The number of aromatic nitrogens is 3. The number of hydrogen-bond acceptors (Lipinski definition) is 4. The molecule has 1 aromatic heterocycles. The second kappa shape index (κ2) is 6.71. The second-order valence-corrected chi connectivity index (χ2v) is 5.77. The normalized spacial score (nSPS) is 10.8. The minimum atomic E-state index is 0.154. The van der Waals surface area contributed by atoms with Crippen LogP contribution < -0.4 is 10.1 Å². The van der Waals surface area contributed by atoms with Crippen molar-refractivity contribution in [3.8, 4) is 17.1 Å². The third-order valence-corrected chi connectivity index (χ3v) is 3.34. The summed E-state index contributed by atoms with van der Waals surface area (Å²) in [6, 6.07) is 15.1. The highest BCUT2D eigenvalue weighted by molar-refractivity contribution is 6.30. The smallest absolute Gasteiger partial charge is 0.246 e. The monoisotopic (exact) mass is 328 g/mol. The molecular formula is C17H17ClN4O. The van der Waals surface area contributed by atoms with Crippen LogP contribution in [0.3, 0.4) is 0 Å². The maximum absolute atomic E-state index is 5.87. The number of benzene rings is 2. The van der Waals surface area contributed by atoms with E-state index in [0.29, 0.717) is 16.8 Å². The van der Waals surface area contributed by atoms with Crippen LogP contribution in [0.25, 0.3) is 11.4 Å². The Balaban J connectivity index is 1.72. The van der Waals surface area contributed by atoms with Crippen molar-refractivity contribution in [3.05, 3.63) is 53.6 Å². The fraction of sp³-hybridized carbons (Fsp3) is 0.176. The van der Waals surface area contributed by atoms with E-state index in [-0.39, 0.29) is 6.10 Å². The molecule has 0 saturated carbocycles. The summed E-state index contributed by atoms with van der Waals surface area (Å²) < 4.78 is 5.63. The number of nitrogens with one attached hydrogen (secondary N) is 2. The number of aromatic amines is 1. The van der Waals surface area contributed by atoms with Gasteiger partial charge >= 0.3 is 0 Å². The zero-order valence-electron chi connectivity index (χ0n) is 12.9. The molecule has 0 aliphatic carbocycles. The van der Waals surface area contributed by atoms with Crippen molar-refractivity contribution in [1.82, 2.24) is 15.2 Å². The predicted molar refractivity (Wildman–Crippen MR) is 92.3 cm³/mol. The van der Waals surface area contributed by atoms with E-state index in [4.69, 9.17) is 16.3 Å². The van der Waals surface area contributed by atoms with Gasteiger partial charge in [-0.05, 0) is 62.4 Å². The number of anilines is 2. The third kappa shape index (κ3) is 4.02. The van der Waals surface area contributed by atoms with Gasteiger partial charge in [-0.3, -0.25) is 5.10 Å². The fourth-order valence-corrected chi connectivity index (χ4v) is 2.20. The zero-order valence-corrected chi connectivity index (χ0v) is 13.6. The first-order valence-electron chi connectivity index (χ1n) is 7.32. The summed E-state index contributed by atoms with van der Waals surface area (Å²) >= 11 is 5.87. The topological polar surface area (TPSA) is 62.8 Å². The molecule has 0 radical (unpaired) electrons. The van der Waals surface area contributed by atoms with Gasteiger partial charge in [0.25, 0.3) is 0 Å². The van der Waals surface area contributed by atoms with Gasteiger partial charge in [0.05, 0.1) is 6.10 Å². The largest absolute Gasteiger partial charge is 0.491 e. The van der Waals surface area contributed by atoms with Gasteiger partial charge in [-0.15, -0.1) is 5.10 Å². The Hall–Kier alpha value is -2.53. The van der Waals surface area contributed by atoms with E-state index in [2.05, 4.69) is 20.5 Å². The van der Waals surface area contributed by atoms with Crippen LogP contribution in [0, 0.1) is 0 Å². The third-order valence-electron chi connectivity index (χ3n) is 3.09. The molecular weight excluding hydrogens is 312 g/mol. The highest BCUT2D eigenvalue weighted by Gasteiger charge is 2.06. The molecule has 0 amide bonds. The minimum Gasteiger partial charge on any atom is -0.491 e. The lowest BCUT2D eigenvalue weighted by atomic mass is 10.2. The molecule has 0 fully saturated rings. The fourth-order valence-electron chi connectivity index (χ4n) is 2.07. The van der Waals surface area contributed by atoms with Crippen LogP contribution in [0.1, 0.15) is 13.8 Å². The number of H-pyrrole nitrogens is 1. The van der Waals surface area contributed by atoms with Crippen molar-refractivity contribution < 1.29 is 4.74 Å². The first kappa shape index (κ1) is 15.4. The molecule has 118 valence electrons. The van der Waals surface area contributed by atoms with Crippen LogP contribution in [0.5, 0.6) is 5.75 Å². The molecule has 0 bridgehead atoms. The lowest BCUT2D eigenvalue weighted by Gasteiger charge is -2.09. The standard InChI is InChI=1S/C17H17ClN4O/c1-11(2)23-15-9-3-12(4-10-15)16-20-17(22-21-16)19-14-7-5-13(18)6-8-14/h3-11H,1-2H3,(H2,19,20,21,22). The van der Waals surface area contributed by atoms with Gasteiger partial charge in [0.15, 0.2) is 5.82 Å². The first-order chi connectivity index (χ1) is 11.1. The molecule has 0 saturated heterocycles. The molecule has 3 rings (SSSR count). The quantitative estimate of drug-likeness (QED) is 0.715. The van der Waals surface area contributed by atoms with Gasteiger partial charge in [-0.25, -0.2) is 0 Å². The van der Waals surface area contributed by atoms with Gasteiger partial charge in [0.2, 0.25) is 5.95 Å². The Morgan fingerprint density at radius 2 is 1.74 bits per heavy atom. The van der Waals surface area contributed by atoms with Crippen molar-refractivity contribution in [2.24, 2.45) is 0 Å². The molecule has 5 nitrogen and oxygen atoms in total. The number of rotatable bonds is 5. The number of hydrogen-bond donors (Lipinski definition) is 2. The zero-order chi connectivity index (χ0) is 16.2. The molecule has 0 spiro atoms. The van der Waals surface area contributed by atoms with Crippen LogP contribution >= 0.6 is 11.6 Å². The Morgan fingerprint density at radius 1 is 1.04 bits per heavy atom. The van der Waals surface area contributed by atoms with Crippen LogP contribution in [-0.2, 0) is 0 Å². The average molecular weight is 329 g/mol. The first-order valence-corrected chi connectivity index (χ1v) is 7.70. The molecule has 2 aromatic carbocycles. The van der Waals surface area contributed by atoms with E-state index in [0.717, 1.165) is 17.0 Å². The van der Waals surface area contributed by atoms with Gasteiger partial charge in [-0.2, -0.15) is 4.98 Å². The van der Waals surface area contributed by atoms with E-state index < -0.39 is 0 Å². The summed E-state index contributed by atoms with van der Waals surface area (Å²) in [7, 11) is 0. The molecule has 3 aromatic rings. The highest BCUT2D eigenvalue weighted by atomic mass is 35.5. The van der Waals surface area contributed by atoms with Gasteiger partial charge in [-0.1, -0.05) is 11.6 Å². The van der Waals surface area contributed by atoms with Gasteiger partial charge in [0, 0.05) is 16.3 Å². The number of halogens is 1. The maximum atomic E-state index is 5.87. The number of nitrogens with zero attached hydrogens (tertiary/aromatic N) is 2. The van der Waals surface area contributed by atoms with E-state index in [1.165, 1.54) is 0 Å². The summed E-state index contributed by atoms with van der Waals surface area (Å²) in [5.74, 6) is 2.03. The van der Waals surface area contributed by atoms with E-state index in [9.17, 15) is 0 Å². The summed E-state index contributed by atoms with van der Waals surface area (Å²) in [5, 5.41) is 10.9. The molecule has 1 heterocycles. The number of ether oxygens (including phenoxy) is 1. The molecule has 23 heavy (non-hydrogen) atoms. The molecule has 0 aliphatic rings. The average Bonchev–Trinajstić information content (AvgIpc) is 2.98. The Bertz CT molecular complexity index is 766. The molecule has 0 aliphatic heterocycles. The summed E-state index contributed by atoms with van der Waals surface area (Å²) in [4.78, 5) is 4.44. The maximum Gasteiger partial charge on any atom is 0.246 e. The lowest BCUT2D eigenvalue weighted by molar-refractivity contribution is 0.242. The van der Waals surface area contributed by atoms with E-state index in [1.54, 1.807) is 0 Å². The van der Waals surface area contributed by atoms with Gasteiger partial charge in [0.1, 0.15) is 5.75 Å². The minimum absolute atomic E-state index is 0.154. The van der Waals surface area contributed by atoms with Crippen LogP contribution in [0.15, 0.2) is 48.5 Å². The van der Waals surface area contributed by atoms with Crippen molar-refractivity contribution in [2.75, 3.05) is 5.32 Å². The lowest BCUT2D eigenvalue weighted by Crippen LogP contribution is -2.05. The summed E-state index contributed by atoms with van der Waals surface area (Å²) in [5.41, 5.74) is 1.82. The van der Waals surface area contributed by atoms with Crippen LogP contribution in [0.4, 0.5) is 11.6 Å².